The van der Waals surface area contributed by atoms with Gasteiger partial charge in [0.2, 0.25) is 0 Å². The highest BCUT2D eigenvalue weighted by Gasteiger charge is 2.15. The SMILES string of the molecule is C=CCNC(=O)Oc1cnn(C(C)(C)C)c1. The van der Waals surface area contributed by atoms with Gasteiger partial charge in [-0.25, -0.2) is 4.79 Å². The molecule has 0 saturated carbocycles. The van der Waals surface area contributed by atoms with Crippen molar-refractivity contribution in [2.75, 3.05) is 6.54 Å². The quantitative estimate of drug-likeness (QED) is 0.796. The zero-order chi connectivity index (χ0) is 12.2. The average molecular weight is 223 g/mol. The molecule has 0 saturated heterocycles. The number of hydrogen-bond acceptors (Lipinski definition) is 3. The molecule has 5 nitrogen and oxygen atoms in total. The average Bonchev–Trinajstić information content (AvgIpc) is 2.62. The van der Waals surface area contributed by atoms with E-state index in [2.05, 4.69) is 17.0 Å². The predicted molar refractivity (Wildman–Crippen MR) is 61.4 cm³/mol. The van der Waals surface area contributed by atoms with E-state index in [1.807, 2.05) is 20.8 Å². The smallest absolute Gasteiger partial charge is 0.407 e. The minimum atomic E-state index is -0.506. The Morgan fingerprint density at radius 3 is 2.88 bits per heavy atom. The van der Waals surface area contributed by atoms with Gasteiger partial charge in [0.25, 0.3) is 0 Å². The topological polar surface area (TPSA) is 56.1 Å². The molecule has 1 amide bonds. The first-order valence-electron chi connectivity index (χ1n) is 5.05. The lowest BCUT2D eigenvalue weighted by molar-refractivity contribution is 0.201. The van der Waals surface area contributed by atoms with Crippen molar-refractivity contribution in [1.82, 2.24) is 15.1 Å². The van der Waals surface area contributed by atoms with Gasteiger partial charge in [0.05, 0.1) is 17.9 Å². The van der Waals surface area contributed by atoms with Crippen molar-refractivity contribution in [3.63, 3.8) is 0 Å². The second kappa shape index (κ2) is 4.83. The molecule has 1 aromatic rings. The van der Waals surface area contributed by atoms with Crippen LogP contribution in [0.1, 0.15) is 20.8 Å². The monoisotopic (exact) mass is 223 g/mol. The van der Waals surface area contributed by atoms with Gasteiger partial charge in [-0.15, -0.1) is 6.58 Å². The van der Waals surface area contributed by atoms with E-state index in [1.54, 1.807) is 17.0 Å². The fraction of sp³-hybridized carbons (Fsp3) is 0.455. The van der Waals surface area contributed by atoms with Crippen molar-refractivity contribution >= 4 is 6.09 Å². The lowest BCUT2D eigenvalue weighted by Crippen LogP contribution is -2.26. The molecule has 0 bridgehead atoms. The largest absolute Gasteiger partial charge is 0.412 e. The third-order valence-electron chi connectivity index (χ3n) is 1.85. The number of nitrogens with zero attached hydrogens (tertiary/aromatic N) is 2. The summed E-state index contributed by atoms with van der Waals surface area (Å²) in [5.74, 6) is 0.427. The van der Waals surface area contributed by atoms with E-state index < -0.39 is 6.09 Å². The van der Waals surface area contributed by atoms with Crippen LogP contribution in [0.15, 0.2) is 25.0 Å². The van der Waals surface area contributed by atoms with Crippen molar-refractivity contribution in [3.8, 4) is 5.75 Å². The van der Waals surface area contributed by atoms with Gasteiger partial charge in [-0.2, -0.15) is 5.10 Å². The van der Waals surface area contributed by atoms with Crippen LogP contribution in [0.4, 0.5) is 4.79 Å². The summed E-state index contributed by atoms with van der Waals surface area (Å²) in [7, 11) is 0. The molecule has 0 fully saturated rings. The first kappa shape index (κ1) is 12.3. The maximum atomic E-state index is 11.2. The Balaban J connectivity index is 2.59. The van der Waals surface area contributed by atoms with Crippen LogP contribution < -0.4 is 10.1 Å². The van der Waals surface area contributed by atoms with Crippen molar-refractivity contribution in [3.05, 3.63) is 25.0 Å². The summed E-state index contributed by atoms with van der Waals surface area (Å²) in [5, 5.41) is 6.62. The summed E-state index contributed by atoms with van der Waals surface area (Å²) < 4.78 is 6.75. The summed E-state index contributed by atoms with van der Waals surface area (Å²) in [6.07, 6.45) is 4.28. The van der Waals surface area contributed by atoms with E-state index in [9.17, 15) is 4.79 Å². The molecule has 88 valence electrons. The fourth-order valence-electron chi connectivity index (χ4n) is 1.02. The minimum absolute atomic E-state index is 0.126. The van der Waals surface area contributed by atoms with Crippen LogP contribution >= 0.6 is 0 Å². The van der Waals surface area contributed by atoms with E-state index >= 15 is 0 Å². The molecule has 16 heavy (non-hydrogen) atoms. The van der Waals surface area contributed by atoms with Gasteiger partial charge in [0.1, 0.15) is 0 Å². The first-order valence-corrected chi connectivity index (χ1v) is 5.05. The van der Waals surface area contributed by atoms with Gasteiger partial charge < -0.3 is 10.1 Å². The number of ether oxygens (including phenoxy) is 1. The normalized spacial score (nSPS) is 10.9. The van der Waals surface area contributed by atoms with Gasteiger partial charge in [-0.05, 0) is 20.8 Å². The highest BCUT2D eigenvalue weighted by atomic mass is 16.6. The third-order valence-corrected chi connectivity index (χ3v) is 1.85. The van der Waals surface area contributed by atoms with E-state index in [4.69, 9.17) is 4.74 Å². The van der Waals surface area contributed by atoms with Gasteiger partial charge in [-0.3, -0.25) is 4.68 Å². The molecule has 0 atom stereocenters. The number of amides is 1. The van der Waals surface area contributed by atoms with Gasteiger partial charge in [0, 0.05) is 6.54 Å². The Labute approximate surface area is 95.1 Å². The molecular weight excluding hydrogens is 206 g/mol. The van der Waals surface area contributed by atoms with E-state index in [0.717, 1.165) is 0 Å². The Hall–Kier alpha value is -1.78. The van der Waals surface area contributed by atoms with Crippen LogP contribution in [-0.4, -0.2) is 22.4 Å². The molecule has 0 spiro atoms. The van der Waals surface area contributed by atoms with Gasteiger partial charge in [-0.1, -0.05) is 6.08 Å². The van der Waals surface area contributed by atoms with Gasteiger partial charge in [0.15, 0.2) is 5.75 Å². The van der Waals surface area contributed by atoms with Crippen molar-refractivity contribution in [1.29, 1.82) is 0 Å². The summed E-state index contributed by atoms with van der Waals surface area (Å²) in [5.41, 5.74) is -0.126. The van der Waals surface area contributed by atoms with E-state index in [0.29, 0.717) is 12.3 Å². The molecule has 1 heterocycles. The van der Waals surface area contributed by atoms with Crippen LogP contribution in [-0.2, 0) is 5.54 Å². The summed E-state index contributed by atoms with van der Waals surface area (Å²) in [6.45, 7) is 9.92. The highest BCUT2D eigenvalue weighted by molar-refractivity contribution is 5.70. The van der Waals surface area contributed by atoms with Crippen LogP contribution in [0, 0.1) is 0 Å². The van der Waals surface area contributed by atoms with Crippen molar-refractivity contribution in [2.24, 2.45) is 0 Å². The summed E-state index contributed by atoms with van der Waals surface area (Å²) >= 11 is 0. The van der Waals surface area contributed by atoms with E-state index in [1.165, 1.54) is 6.20 Å². The Kier molecular flexibility index (Phi) is 3.71. The predicted octanol–water partition coefficient (Wildman–Crippen LogP) is 1.91. The molecule has 0 aliphatic heterocycles. The number of hydrogen-bond donors (Lipinski definition) is 1. The number of carbonyl (C=O) groups is 1. The summed E-state index contributed by atoms with van der Waals surface area (Å²) in [4.78, 5) is 11.2. The molecule has 0 aliphatic rings. The summed E-state index contributed by atoms with van der Waals surface area (Å²) in [6, 6.07) is 0. The fourth-order valence-corrected chi connectivity index (χ4v) is 1.02. The molecule has 0 aliphatic carbocycles. The molecular formula is C11H17N3O2. The zero-order valence-corrected chi connectivity index (χ0v) is 9.86. The second-order valence-electron chi connectivity index (χ2n) is 4.35. The van der Waals surface area contributed by atoms with Crippen molar-refractivity contribution in [2.45, 2.75) is 26.3 Å². The molecule has 1 N–H and O–H groups in total. The van der Waals surface area contributed by atoms with Crippen molar-refractivity contribution < 1.29 is 9.53 Å². The second-order valence-corrected chi connectivity index (χ2v) is 4.35. The highest BCUT2D eigenvalue weighted by Crippen LogP contribution is 2.17. The molecule has 0 aromatic carbocycles. The Bertz CT molecular complexity index is 377. The first-order chi connectivity index (χ1) is 7.43. The van der Waals surface area contributed by atoms with E-state index in [-0.39, 0.29) is 5.54 Å². The number of aromatic nitrogens is 2. The standard InChI is InChI=1S/C11H17N3O2/c1-5-6-12-10(15)16-9-7-13-14(8-9)11(2,3)4/h5,7-8H,1,6H2,2-4H3,(H,12,15). The van der Waals surface area contributed by atoms with Crippen LogP contribution in [0.5, 0.6) is 5.75 Å². The zero-order valence-electron chi connectivity index (χ0n) is 9.86. The number of nitrogens with one attached hydrogen (secondary N) is 1. The Morgan fingerprint density at radius 1 is 1.69 bits per heavy atom. The number of rotatable bonds is 3. The molecule has 5 heteroatoms. The van der Waals surface area contributed by atoms with Gasteiger partial charge >= 0.3 is 6.09 Å². The van der Waals surface area contributed by atoms with Crippen LogP contribution in [0.25, 0.3) is 0 Å². The maximum absolute atomic E-state index is 11.2. The lowest BCUT2D eigenvalue weighted by Gasteiger charge is -2.18. The molecule has 1 rings (SSSR count). The lowest BCUT2D eigenvalue weighted by atomic mass is 10.1. The molecule has 0 radical (unpaired) electrons. The van der Waals surface area contributed by atoms with Crippen LogP contribution in [0.3, 0.4) is 0 Å². The molecule has 0 unspecified atom stereocenters. The third kappa shape index (κ3) is 3.42. The maximum Gasteiger partial charge on any atom is 0.412 e. The Morgan fingerprint density at radius 2 is 2.38 bits per heavy atom. The van der Waals surface area contributed by atoms with Crippen LogP contribution in [0.2, 0.25) is 0 Å². The number of carbonyl (C=O) groups excluding carboxylic acids is 1. The molecule has 1 aromatic heterocycles. The minimum Gasteiger partial charge on any atom is -0.407 e.